The van der Waals surface area contributed by atoms with Crippen molar-refractivity contribution in [3.63, 3.8) is 0 Å². The fourth-order valence-electron chi connectivity index (χ4n) is 10.6. The van der Waals surface area contributed by atoms with Crippen LogP contribution in [-0.4, -0.2) is 150 Å². The van der Waals surface area contributed by atoms with Crippen LogP contribution in [0.4, 0.5) is 0 Å². The molecular weight excluding hydrogens is 901 g/mol. The van der Waals surface area contributed by atoms with E-state index >= 15 is 0 Å². The number of benzene rings is 2. The van der Waals surface area contributed by atoms with E-state index in [1.54, 1.807) is 25.3 Å². The predicted molar refractivity (Wildman–Crippen MR) is 270 cm³/mol. The van der Waals surface area contributed by atoms with Crippen LogP contribution in [0.1, 0.15) is 76.8 Å². The standard InChI is InChI=1S/C55H70N8O8/c1-35(2)49(60(7)52(66)40-20-24-62(33-40)47(64)17-12-22-61-25-27-70-28-26-61)51(65)57-45-30-37-13-9-14-38(29-37)39-18-19-46-42(31-39)43(50(59(46)6)41-15-10-21-56-48(41)36(3)69-8)32-55(4,5)34-71-54(68)44-16-11-23-63(58-44)53(45)67/h9-10,13-15,18-19,21,29,31,35-36,40,44-45,49,58H,11,16,20,22-28,30,32-34H2,1-8H3,(H,57,65)/t36-,40-,44-,45-,49-/m0/s1. The van der Waals surface area contributed by atoms with Gasteiger partial charge in [0, 0.05) is 88.4 Å². The maximum absolute atomic E-state index is 14.8. The molecule has 378 valence electrons. The molecule has 0 unspecified atom stereocenters. The quantitative estimate of drug-likeness (QED) is 0.173. The van der Waals surface area contributed by atoms with Gasteiger partial charge in [0.1, 0.15) is 18.1 Å². The molecule has 0 aliphatic carbocycles. The summed E-state index contributed by atoms with van der Waals surface area (Å²) in [4.78, 5) is 80.6. The average Bonchev–Trinajstić information content (AvgIpc) is 3.97. The summed E-state index contributed by atoms with van der Waals surface area (Å²) >= 11 is 0. The Kier molecular flexibility index (Phi) is 16.0. The number of rotatable bonds is 9. The van der Waals surface area contributed by atoms with E-state index in [1.807, 2.05) is 45.0 Å². The van der Waals surface area contributed by atoms with Crippen molar-refractivity contribution < 1.29 is 38.2 Å². The van der Waals surface area contributed by atoms with Gasteiger partial charge in [-0.2, -0.15) is 0 Å². The lowest BCUT2D eigenvalue weighted by Crippen LogP contribution is -2.62. The molecule has 4 aliphatic heterocycles. The number of methoxy groups -OCH3 is 1. The van der Waals surface area contributed by atoms with Crippen molar-refractivity contribution in [2.24, 2.45) is 24.3 Å². The summed E-state index contributed by atoms with van der Waals surface area (Å²) in [7, 11) is 5.37. The van der Waals surface area contributed by atoms with E-state index in [-0.39, 0.29) is 43.4 Å². The van der Waals surface area contributed by atoms with Crippen molar-refractivity contribution in [2.75, 3.05) is 73.2 Å². The Hall–Kier alpha value is -6.12. The first-order chi connectivity index (χ1) is 34.0. The van der Waals surface area contributed by atoms with Crippen LogP contribution in [-0.2, 0) is 58.1 Å². The SMILES string of the molecule is CO[C@@H](C)c1ncccc1-c1c2c3cc(ccc3n1C)-c1cccc(c1)C[C@H](NC(=O)[C@H](C(C)C)N(C)C(=O)[C@H]1CCN(C(=O)C#CCN3CCOCC3)C1)C(=O)N1CCC[C@H](N1)C(=O)OCC(C)(C)C2. The molecule has 71 heavy (non-hydrogen) atoms. The minimum absolute atomic E-state index is 0.129. The third kappa shape index (κ3) is 11.5. The number of ether oxygens (including phenoxy) is 3. The molecule has 2 aromatic heterocycles. The van der Waals surface area contributed by atoms with Crippen LogP contribution in [0, 0.1) is 29.1 Å². The second kappa shape index (κ2) is 22.1. The fourth-order valence-corrected chi connectivity index (χ4v) is 10.6. The van der Waals surface area contributed by atoms with Crippen LogP contribution in [0.15, 0.2) is 60.8 Å². The van der Waals surface area contributed by atoms with Gasteiger partial charge in [0.15, 0.2) is 0 Å². The van der Waals surface area contributed by atoms with E-state index in [4.69, 9.17) is 19.2 Å². The summed E-state index contributed by atoms with van der Waals surface area (Å²) in [6.07, 6.45) is 3.70. The first-order valence-corrected chi connectivity index (χ1v) is 25.1. The number of esters is 1. The Morgan fingerprint density at radius 3 is 2.54 bits per heavy atom. The van der Waals surface area contributed by atoms with E-state index in [9.17, 15) is 24.0 Å². The van der Waals surface area contributed by atoms with Crippen LogP contribution in [0.2, 0.25) is 0 Å². The second-order valence-corrected chi connectivity index (χ2v) is 20.7. The lowest BCUT2D eigenvalue weighted by atomic mass is 9.84. The monoisotopic (exact) mass is 971 g/mol. The van der Waals surface area contributed by atoms with Gasteiger partial charge in [-0.15, -0.1) is 0 Å². The number of likely N-dealkylation sites (N-methyl/N-ethyl adjacent to an activating group) is 1. The van der Waals surface area contributed by atoms with E-state index in [0.29, 0.717) is 58.5 Å². The summed E-state index contributed by atoms with van der Waals surface area (Å²) in [5, 5.41) is 5.57. The number of morpholine rings is 1. The molecule has 4 aromatic rings. The van der Waals surface area contributed by atoms with E-state index in [0.717, 1.165) is 63.2 Å². The number of likely N-dealkylation sites (tertiary alicyclic amines) is 1. The number of pyridine rings is 1. The van der Waals surface area contributed by atoms with Gasteiger partial charge in [-0.3, -0.25) is 38.9 Å². The van der Waals surface area contributed by atoms with Crippen molar-refractivity contribution in [3.05, 3.63) is 77.6 Å². The van der Waals surface area contributed by atoms with Gasteiger partial charge in [0.2, 0.25) is 11.8 Å². The minimum atomic E-state index is -1.06. The molecule has 4 aliphatic rings. The zero-order chi connectivity index (χ0) is 50.6. The number of hydrazine groups is 1. The van der Waals surface area contributed by atoms with Gasteiger partial charge in [0.05, 0.1) is 49.8 Å². The van der Waals surface area contributed by atoms with Crippen LogP contribution >= 0.6 is 0 Å². The number of fused-ring (bicyclic) bond motifs is 6. The molecule has 3 saturated heterocycles. The summed E-state index contributed by atoms with van der Waals surface area (Å²) < 4.78 is 19.5. The van der Waals surface area contributed by atoms with E-state index < -0.39 is 47.2 Å². The molecule has 0 spiro atoms. The normalized spacial score (nSPS) is 21.7. The lowest BCUT2D eigenvalue weighted by Gasteiger charge is -2.37. The van der Waals surface area contributed by atoms with Gasteiger partial charge in [0.25, 0.3) is 11.8 Å². The van der Waals surface area contributed by atoms with Gasteiger partial charge >= 0.3 is 5.97 Å². The fraction of sp³-hybridized carbons (Fsp3) is 0.527. The molecular formula is C55H70N8O8. The zero-order valence-electron chi connectivity index (χ0n) is 42.6. The summed E-state index contributed by atoms with van der Waals surface area (Å²) in [5.74, 6) is 2.99. The maximum Gasteiger partial charge on any atom is 0.324 e. The van der Waals surface area contributed by atoms with Crippen molar-refractivity contribution >= 4 is 40.5 Å². The highest BCUT2D eigenvalue weighted by atomic mass is 16.5. The van der Waals surface area contributed by atoms with E-state index in [2.05, 4.69) is 83.3 Å². The Bertz CT molecular complexity index is 2700. The maximum atomic E-state index is 14.8. The van der Waals surface area contributed by atoms with Crippen LogP contribution < -0.4 is 10.7 Å². The molecule has 16 heteroatoms. The molecule has 16 nitrogen and oxygen atoms in total. The second-order valence-electron chi connectivity index (χ2n) is 20.7. The molecule has 6 bridgehead atoms. The minimum Gasteiger partial charge on any atom is -0.464 e. The number of hydrogen-bond acceptors (Lipinski definition) is 11. The zero-order valence-corrected chi connectivity index (χ0v) is 42.6. The molecule has 4 amide bonds. The van der Waals surface area contributed by atoms with Crippen molar-refractivity contribution in [1.82, 2.24) is 40.0 Å². The summed E-state index contributed by atoms with van der Waals surface area (Å²) in [6.45, 7) is 14.3. The predicted octanol–water partition coefficient (Wildman–Crippen LogP) is 4.93. The number of aromatic nitrogens is 2. The highest BCUT2D eigenvalue weighted by Gasteiger charge is 2.40. The number of hydrogen-bond donors (Lipinski definition) is 2. The molecule has 6 heterocycles. The van der Waals surface area contributed by atoms with Gasteiger partial charge < -0.3 is 33.9 Å². The van der Waals surface area contributed by atoms with Crippen LogP contribution in [0.5, 0.6) is 0 Å². The molecule has 8 rings (SSSR count). The van der Waals surface area contributed by atoms with Crippen LogP contribution in [0.25, 0.3) is 33.3 Å². The number of aryl methyl sites for hydroxylation is 1. The Balaban J connectivity index is 1.09. The van der Waals surface area contributed by atoms with Gasteiger partial charge in [-0.25, -0.2) is 5.43 Å². The number of amides is 4. The number of carbonyl (C=O) groups excluding carboxylic acids is 5. The Morgan fingerprint density at radius 2 is 1.77 bits per heavy atom. The largest absolute Gasteiger partial charge is 0.464 e. The number of carbonyl (C=O) groups is 5. The molecule has 0 radical (unpaired) electrons. The molecule has 2 aromatic carbocycles. The first-order valence-electron chi connectivity index (χ1n) is 25.1. The third-order valence-electron chi connectivity index (χ3n) is 14.5. The third-order valence-corrected chi connectivity index (χ3v) is 14.5. The molecule has 5 atom stereocenters. The Labute approximate surface area is 417 Å². The lowest BCUT2D eigenvalue weighted by molar-refractivity contribution is -0.155. The van der Waals surface area contributed by atoms with Gasteiger partial charge in [-0.05, 0) is 91.0 Å². The highest BCUT2D eigenvalue weighted by molar-refractivity contribution is 5.97. The summed E-state index contributed by atoms with van der Waals surface area (Å²) in [6, 6.07) is 15.7. The van der Waals surface area contributed by atoms with Crippen molar-refractivity contribution in [3.8, 4) is 34.2 Å². The topological polar surface area (TPSA) is 168 Å². The van der Waals surface area contributed by atoms with Crippen LogP contribution in [0.3, 0.4) is 0 Å². The number of cyclic esters (lactones) is 1. The number of nitrogens with zero attached hydrogens (tertiary/aromatic N) is 6. The van der Waals surface area contributed by atoms with Crippen molar-refractivity contribution in [1.29, 1.82) is 0 Å². The molecule has 0 saturated carbocycles. The van der Waals surface area contributed by atoms with Gasteiger partial charge in [-0.1, -0.05) is 63.9 Å². The van der Waals surface area contributed by atoms with E-state index in [1.165, 1.54) is 9.91 Å². The first kappa shape index (κ1) is 51.2. The molecule has 3 fully saturated rings. The molecule has 2 N–H and O–H groups in total. The average molecular weight is 971 g/mol. The summed E-state index contributed by atoms with van der Waals surface area (Å²) in [5.41, 5.74) is 10.3. The smallest absolute Gasteiger partial charge is 0.324 e. The Morgan fingerprint density at radius 1 is 1.00 bits per heavy atom. The highest BCUT2D eigenvalue weighted by Crippen LogP contribution is 2.41. The van der Waals surface area contributed by atoms with Crippen molar-refractivity contribution in [2.45, 2.75) is 91.0 Å². The number of nitrogens with one attached hydrogen (secondary N) is 2.